The van der Waals surface area contributed by atoms with Crippen LogP contribution in [-0.2, 0) is 17.6 Å². The summed E-state index contributed by atoms with van der Waals surface area (Å²) in [5.41, 5.74) is 3.12. The fraction of sp³-hybridized carbons (Fsp3) is 0.350. The van der Waals surface area contributed by atoms with Crippen LogP contribution < -0.4 is 0 Å². The van der Waals surface area contributed by atoms with E-state index in [0.717, 1.165) is 25.7 Å². The molecule has 118 valence electrons. The Bertz CT molecular complexity index is 738. The molecule has 2 aliphatic carbocycles. The minimum absolute atomic E-state index is 0.0549. The van der Waals surface area contributed by atoms with E-state index in [9.17, 15) is 9.18 Å². The van der Waals surface area contributed by atoms with Crippen molar-refractivity contribution in [3.05, 3.63) is 71.0 Å². The first kappa shape index (κ1) is 14.4. The zero-order valence-corrected chi connectivity index (χ0v) is 13.0. The van der Waals surface area contributed by atoms with Crippen LogP contribution >= 0.6 is 0 Å². The Morgan fingerprint density at radius 1 is 1.04 bits per heavy atom. The van der Waals surface area contributed by atoms with Gasteiger partial charge >= 0.3 is 0 Å². The van der Waals surface area contributed by atoms with Crippen molar-refractivity contribution in [3.8, 4) is 0 Å². The summed E-state index contributed by atoms with van der Waals surface area (Å²) in [6, 6.07) is 15.5. The van der Waals surface area contributed by atoms with Crippen molar-refractivity contribution in [3.63, 3.8) is 0 Å². The van der Waals surface area contributed by atoms with Crippen molar-refractivity contribution in [2.45, 2.75) is 44.2 Å². The molecule has 1 atom stereocenters. The molecule has 0 radical (unpaired) electrons. The molecule has 0 N–H and O–H groups in total. The third kappa shape index (κ3) is 2.76. The van der Waals surface area contributed by atoms with E-state index in [2.05, 4.69) is 18.2 Å². The van der Waals surface area contributed by atoms with Gasteiger partial charge in [0.2, 0.25) is 5.91 Å². The Labute approximate surface area is 135 Å². The molecule has 3 heteroatoms. The van der Waals surface area contributed by atoms with Crippen molar-refractivity contribution >= 4 is 5.91 Å². The zero-order valence-electron chi connectivity index (χ0n) is 13.0. The number of fused-ring (bicyclic) bond motifs is 1. The molecule has 0 saturated heterocycles. The molecule has 0 heterocycles. The number of rotatable bonds is 4. The number of halogens is 1. The van der Waals surface area contributed by atoms with Gasteiger partial charge in [-0.25, -0.2) is 4.39 Å². The molecule has 0 spiro atoms. The van der Waals surface area contributed by atoms with Gasteiger partial charge in [-0.2, -0.15) is 0 Å². The van der Waals surface area contributed by atoms with Crippen molar-refractivity contribution in [2.24, 2.45) is 0 Å². The molecule has 1 saturated carbocycles. The molecule has 0 aliphatic heterocycles. The molecule has 0 aromatic heterocycles. The zero-order chi connectivity index (χ0) is 15.8. The van der Waals surface area contributed by atoms with Crippen LogP contribution in [0.4, 0.5) is 4.39 Å². The van der Waals surface area contributed by atoms with Crippen LogP contribution in [0.2, 0.25) is 0 Å². The van der Waals surface area contributed by atoms with Crippen LogP contribution in [0.5, 0.6) is 0 Å². The fourth-order valence-corrected chi connectivity index (χ4v) is 3.70. The van der Waals surface area contributed by atoms with Gasteiger partial charge in [-0.1, -0.05) is 42.5 Å². The van der Waals surface area contributed by atoms with Gasteiger partial charge in [0.1, 0.15) is 5.82 Å². The molecular weight excluding hydrogens is 289 g/mol. The lowest BCUT2D eigenvalue weighted by molar-refractivity contribution is -0.133. The van der Waals surface area contributed by atoms with Crippen LogP contribution in [0.15, 0.2) is 48.5 Å². The minimum atomic E-state index is -0.289. The summed E-state index contributed by atoms with van der Waals surface area (Å²) in [4.78, 5) is 14.9. The summed E-state index contributed by atoms with van der Waals surface area (Å²) < 4.78 is 13.9. The number of aryl methyl sites for hydroxylation is 1. The average molecular weight is 309 g/mol. The maximum atomic E-state index is 13.9. The Hall–Kier alpha value is -2.16. The highest BCUT2D eigenvalue weighted by atomic mass is 19.1. The summed E-state index contributed by atoms with van der Waals surface area (Å²) in [5.74, 6) is -0.234. The molecule has 2 aromatic rings. The second-order valence-electron chi connectivity index (χ2n) is 6.55. The number of nitrogens with zero attached hydrogens (tertiary/aromatic N) is 1. The lowest BCUT2D eigenvalue weighted by atomic mass is 10.0. The summed E-state index contributed by atoms with van der Waals surface area (Å²) in [7, 11) is 0. The highest BCUT2D eigenvalue weighted by Gasteiger charge is 2.40. The Kier molecular flexibility index (Phi) is 3.64. The van der Waals surface area contributed by atoms with Gasteiger partial charge < -0.3 is 4.90 Å². The smallest absolute Gasteiger partial charge is 0.227 e. The van der Waals surface area contributed by atoms with Crippen LogP contribution in [0, 0.1) is 5.82 Å². The van der Waals surface area contributed by atoms with Crippen LogP contribution in [-0.4, -0.2) is 16.8 Å². The SMILES string of the molecule is O=C(Cc1ccccc1F)N(C1CC1)[C@H]1CCc2ccccc21. The van der Waals surface area contributed by atoms with Gasteiger partial charge in [-0.05, 0) is 48.4 Å². The van der Waals surface area contributed by atoms with Crippen LogP contribution in [0.3, 0.4) is 0 Å². The van der Waals surface area contributed by atoms with E-state index in [-0.39, 0.29) is 24.2 Å². The van der Waals surface area contributed by atoms with Crippen molar-refractivity contribution in [2.75, 3.05) is 0 Å². The van der Waals surface area contributed by atoms with Gasteiger partial charge in [0.05, 0.1) is 12.5 Å². The molecule has 0 bridgehead atoms. The van der Waals surface area contributed by atoms with E-state index in [0.29, 0.717) is 11.6 Å². The number of hydrogen-bond acceptors (Lipinski definition) is 1. The van der Waals surface area contributed by atoms with E-state index in [1.54, 1.807) is 18.2 Å². The lowest BCUT2D eigenvalue weighted by Crippen LogP contribution is -2.37. The monoisotopic (exact) mass is 309 g/mol. The topological polar surface area (TPSA) is 20.3 Å². The third-order valence-corrected chi connectivity index (χ3v) is 4.96. The Morgan fingerprint density at radius 2 is 1.78 bits per heavy atom. The van der Waals surface area contributed by atoms with Crippen molar-refractivity contribution < 1.29 is 9.18 Å². The second-order valence-corrected chi connectivity index (χ2v) is 6.55. The fourth-order valence-electron chi connectivity index (χ4n) is 3.70. The molecule has 2 aliphatic rings. The quantitative estimate of drug-likeness (QED) is 0.834. The second kappa shape index (κ2) is 5.80. The van der Waals surface area contributed by atoms with Crippen LogP contribution in [0.25, 0.3) is 0 Å². The summed E-state index contributed by atoms with van der Waals surface area (Å²) in [6.45, 7) is 0. The Balaban J connectivity index is 1.60. The summed E-state index contributed by atoms with van der Waals surface area (Å²) in [5, 5.41) is 0. The normalized spacial score (nSPS) is 19.4. The number of hydrogen-bond donors (Lipinski definition) is 0. The first-order chi connectivity index (χ1) is 11.2. The van der Waals surface area contributed by atoms with Gasteiger partial charge in [0.25, 0.3) is 0 Å². The van der Waals surface area contributed by atoms with Gasteiger partial charge in [0, 0.05) is 6.04 Å². The molecule has 4 rings (SSSR count). The van der Waals surface area contributed by atoms with E-state index in [1.807, 2.05) is 11.0 Å². The van der Waals surface area contributed by atoms with E-state index >= 15 is 0 Å². The molecule has 1 fully saturated rings. The third-order valence-electron chi connectivity index (χ3n) is 4.96. The number of carbonyl (C=O) groups is 1. The summed E-state index contributed by atoms with van der Waals surface area (Å²) in [6.07, 6.45) is 4.31. The molecule has 0 unspecified atom stereocenters. The average Bonchev–Trinajstić information content (AvgIpc) is 3.30. The molecule has 23 heavy (non-hydrogen) atoms. The lowest BCUT2D eigenvalue weighted by Gasteiger charge is -2.30. The highest BCUT2D eigenvalue weighted by Crippen LogP contribution is 2.42. The van der Waals surface area contributed by atoms with E-state index < -0.39 is 0 Å². The first-order valence-corrected chi connectivity index (χ1v) is 8.36. The standard InChI is InChI=1S/C20H20FNO/c21-18-8-4-2-6-15(18)13-20(23)22(16-10-11-16)19-12-9-14-5-1-3-7-17(14)19/h1-8,16,19H,9-13H2/t19-/m0/s1. The summed E-state index contributed by atoms with van der Waals surface area (Å²) >= 11 is 0. The molecule has 2 aromatic carbocycles. The first-order valence-electron chi connectivity index (χ1n) is 8.36. The minimum Gasteiger partial charge on any atom is -0.332 e. The van der Waals surface area contributed by atoms with E-state index in [4.69, 9.17) is 0 Å². The maximum Gasteiger partial charge on any atom is 0.227 e. The molecule has 2 nitrogen and oxygen atoms in total. The number of amides is 1. The Morgan fingerprint density at radius 3 is 2.57 bits per heavy atom. The largest absolute Gasteiger partial charge is 0.332 e. The van der Waals surface area contributed by atoms with E-state index in [1.165, 1.54) is 17.2 Å². The van der Waals surface area contributed by atoms with Gasteiger partial charge in [-0.3, -0.25) is 4.79 Å². The molecule has 1 amide bonds. The maximum absolute atomic E-state index is 13.9. The van der Waals surface area contributed by atoms with Crippen LogP contribution in [0.1, 0.15) is 42.0 Å². The van der Waals surface area contributed by atoms with Gasteiger partial charge in [-0.15, -0.1) is 0 Å². The van der Waals surface area contributed by atoms with Crippen molar-refractivity contribution in [1.82, 2.24) is 4.90 Å². The predicted octanol–water partition coefficient (Wildman–Crippen LogP) is 4.05. The van der Waals surface area contributed by atoms with Gasteiger partial charge in [0.15, 0.2) is 0 Å². The predicted molar refractivity (Wildman–Crippen MR) is 87.5 cm³/mol. The number of benzene rings is 2. The molecular formula is C20H20FNO. The van der Waals surface area contributed by atoms with Crippen molar-refractivity contribution in [1.29, 1.82) is 0 Å². The highest BCUT2D eigenvalue weighted by molar-refractivity contribution is 5.80. The number of carbonyl (C=O) groups excluding carboxylic acids is 1.